The quantitative estimate of drug-likeness (QED) is 0.121. The highest BCUT2D eigenvalue weighted by Crippen LogP contribution is 2.55. The Kier molecular flexibility index (Phi) is 10.6. The summed E-state index contributed by atoms with van der Waals surface area (Å²) in [7, 11) is -4.44. The van der Waals surface area contributed by atoms with Gasteiger partial charge in [-0.05, 0) is 69.3 Å². The Morgan fingerprint density at radius 3 is 0.820 bits per heavy atom. The zero-order chi connectivity index (χ0) is 35.3. The highest BCUT2D eigenvalue weighted by Gasteiger charge is 2.36. The Morgan fingerprint density at radius 2 is 0.560 bits per heavy atom. The maximum atomic E-state index is 15.5. The average Bonchev–Trinajstić information content (AvgIpc) is 3.12. The van der Waals surface area contributed by atoms with Gasteiger partial charge in [0.25, 0.3) is 0 Å². The van der Waals surface area contributed by atoms with Gasteiger partial charge in [0.05, 0.1) is 0 Å². The molecule has 0 atom stereocenters. The molecule has 5 heteroatoms. The summed E-state index contributed by atoms with van der Waals surface area (Å²) < 4.78 is 35.2. The van der Waals surface area contributed by atoms with Crippen LogP contribution in [0, 0.1) is 0 Å². The Balaban J connectivity index is 1.51. The summed E-state index contributed by atoms with van der Waals surface area (Å²) in [5.41, 5.74) is 8.90. The third-order valence-electron chi connectivity index (χ3n) is 8.91. The van der Waals surface area contributed by atoms with Crippen LogP contribution in [0.25, 0.3) is 33.4 Å². The highest BCUT2D eigenvalue weighted by atomic mass is 31.2. The minimum absolute atomic E-state index is 0.263. The zero-order valence-electron chi connectivity index (χ0n) is 29.7. The van der Waals surface area contributed by atoms with Crippen molar-refractivity contribution < 1.29 is 18.1 Å². The molecule has 0 amide bonds. The predicted molar refractivity (Wildman–Crippen MR) is 207 cm³/mol. The van der Waals surface area contributed by atoms with Gasteiger partial charge >= 0.3 is 7.82 Å². The lowest BCUT2D eigenvalue weighted by atomic mass is 9.92. The van der Waals surface area contributed by atoms with E-state index < -0.39 is 7.82 Å². The molecule has 0 aliphatic rings. The molecule has 0 bridgehead atoms. The molecule has 6 aromatic carbocycles. The van der Waals surface area contributed by atoms with Crippen LogP contribution in [0.2, 0.25) is 0 Å². The Labute approximate surface area is 297 Å². The van der Waals surface area contributed by atoms with E-state index in [1.54, 1.807) is 0 Å². The van der Waals surface area contributed by atoms with Crippen molar-refractivity contribution in [3.8, 4) is 50.6 Å². The van der Waals surface area contributed by atoms with Crippen LogP contribution in [0.15, 0.2) is 146 Å². The van der Waals surface area contributed by atoms with E-state index in [1.165, 1.54) is 0 Å². The van der Waals surface area contributed by atoms with Crippen molar-refractivity contribution in [3.05, 3.63) is 162 Å². The number of para-hydroxylation sites is 3. The fraction of sp³-hybridized carbons (Fsp3) is 0.200. The van der Waals surface area contributed by atoms with Crippen LogP contribution < -0.4 is 13.6 Å². The van der Waals surface area contributed by atoms with Crippen molar-refractivity contribution in [2.75, 3.05) is 0 Å². The highest BCUT2D eigenvalue weighted by molar-refractivity contribution is 7.49. The molecule has 0 N–H and O–H groups in total. The Morgan fingerprint density at radius 1 is 0.340 bits per heavy atom. The van der Waals surface area contributed by atoms with Gasteiger partial charge in [-0.2, -0.15) is 4.57 Å². The number of phosphoric ester groups is 1. The lowest BCUT2D eigenvalue weighted by Crippen LogP contribution is -2.10. The first kappa shape index (κ1) is 34.8. The van der Waals surface area contributed by atoms with Gasteiger partial charge in [-0.3, -0.25) is 0 Å². The molecule has 0 saturated carbocycles. The molecule has 0 saturated heterocycles. The molecule has 0 fully saturated rings. The summed E-state index contributed by atoms with van der Waals surface area (Å²) in [6.07, 6.45) is 0. The maximum Gasteiger partial charge on any atom is 0.647 e. The summed E-state index contributed by atoms with van der Waals surface area (Å²) >= 11 is 0. The molecule has 0 spiro atoms. The van der Waals surface area contributed by atoms with Crippen molar-refractivity contribution in [3.63, 3.8) is 0 Å². The molecular formula is C45H45O4P. The van der Waals surface area contributed by atoms with Gasteiger partial charge in [0.1, 0.15) is 17.2 Å². The van der Waals surface area contributed by atoms with Gasteiger partial charge in [0.2, 0.25) is 0 Å². The molecule has 254 valence electrons. The molecule has 50 heavy (non-hydrogen) atoms. The molecule has 0 aliphatic carbocycles. The van der Waals surface area contributed by atoms with Gasteiger partial charge in [-0.15, -0.1) is 0 Å². The molecule has 0 radical (unpaired) electrons. The molecular weight excluding hydrogens is 635 g/mol. The van der Waals surface area contributed by atoms with Gasteiger partial charge in [-0.25, -0.2) is 0 Å². The number of benzene rings is 6. The summed E-state index contributed by atoms with van der Waals surface area (Å²) in [4.78, 5) is 0. The second-order valence-corrected chi connectivity index (χ2v) is 14.9. The van der Waals surface area contributed by atoms with Crippen LogP contribution in [0.3, 0.4) is 0 Å². The van der Waals surface area contributed by atoms with Gasteiger partial charge in [-0.1, -0.05) is 169 Å². The van der Waals surface area contributed by atoms with Crippen LogP contribution >= 0.6 is 7.82 Å². The zero-order valence-corrected chi connectivity index (χ0v) is 30.6. The smallest absolute Gasteiger partial charge is 0.385 e. The molecule has 4 nitrogen and oxygen atoms in total. The summed E-state index contributed by atoms with van der Waals surface area (Å²) in [5, 5.41) is 0. The maximum absolute atomic E-state index is 15.5. The van der Waals surface area contributed by atoms with Crippen LogP contribution in [-0.4, -0.2) is 0 Å². The minimum atomic E-state index is -4.44. The van der Waals surface area contributed by atoms with E-state index in [-0.39, 0.29) is 17.8 Å². The second-order valence-electron chi connectivity index (χ2n) is 13.4. The SMILES string of the molecule is CC(C)c1ccccc1-c1ccccc1OP(=O)(Oc1ccccc1-c1ccccc1C(C)C)Oc1ccccc1-c1ccccc1C(C)C. The van der Waals surface area contributed by atoms with E-state index in [0.717, 1.165) is 50.1 Å². The summed E-state index contributed by atoms with van der Waals surface area (Å²) in [6, 6.07) is 47.7. The first-order chi connectivity index (χ1) is 24.1. The fourth-order valence-electron chi connectivity index (χ4n) is 6.46. The summed E-state index contributed by atoms with van der Waals surface area (Å²) in [5.74, 6) is 2.01. The lowest BCUT2D eigenvalue weighted by Gasteiger charge is -2.24. The van der Waals surface area contributed by atoms with E-state index in [1.807, 2.05) is 109 Å². The van der Waals surface area contributed by atoms with E-state index in [4.69, 9.17) is 13.6 Å². The fourth-order valence-corrected chi connectivity index (χ4v) is 7.77. The van der Waals surface area contributed by atoms with Crippen molar-refractivity contribution in [1.82, 2.24) is 0 Å². The van der Waals surface area contributed by atoms with Crippen LogP contribution in [0.1, 0.15) is 76.0 Å². The lowest BCUT2D eigenvalue weighted by molar-refractivity contribution is 0.299. The van der Waals surface area contributed by atoms with Gasteiger partial charge < -0.3 is 13.6 Å². The van der Waals surface area contributed by atoms with Gasteiger partial charge in [0, 0.05) is 16.7 Å². The second kappa shape index (κ2) is 15.2. The Bertz CT molecular complexity index is 1890. The number of hydrogen-bond donors (Lipinski definition) is 0. The van der Waals surface area contributed by atoms with Crippen LogP contribution in [0.5, 0.6) is 17.2 Å². The molecule has 6 rings (SSSR count). The normalized spacial score (nSPS) is 11.6. The van der Waals surface area contributed by atoms with E-state index >= 15 is 4.57 Å². The molecule has 0 unspecified atom stereocenters. The standard InChI is InChI=1S/C45H45O4P/c1-31(2)34-19-7-10-22-37(34)40-25-13-16-28-43(40)47-50(46,48-44-29-17-14-26-41(44)38-23-11-8-20-35(38)32(3)4)49-45-30-18-15-27-42(45)39-24-12-9-21-36(39)33(5)6/h7-33H,1-6H3. The average molecular weight is 681 g/mol. The first-order valence-electron chi connectivity index (χ1n) is 17.4. The third-order valence-corrected chi connectivity index (χ3v) is 10.2. The summed E-state index contributed by atoms with van der Waals surface area (Å²) in [6.45, 7) is 13.0. The molecule has 0 aliphatic heterocycles. The van der Waals surface area contributed by atoms with E-state index in [9.17, 15) is 0 Å². The largest absolute Gasteiger partial charge is 0.647 e. The first-order valence-corrected chi connectivity index (χ1v) is 18.8. The predicted octanol–water partition coefficient (Wildman–Crippen LogP) is 13.7. The van der Waals surface area contributed by atoms with Crippen molar-refractivity contribution in [2.24, 2.45) is 0 Å². The Hall–Kier alpha value is -5.05. The number of hydrogen-bond acceptors (Lipinski definition) is 4. The molecule has 0 aromatic heterocycles. The van der Waals surface area contributed by atoms with Crippen molar-refractivity contribution >= 4 is 7.82 Å². The van der Waals surface area contributed by atoms with Crippen LogP contribution in [-0.2, 0) is 4.57 Å². The topological polar surface area (TPSA) is 44.8 Å². The number of phosphoric acid groups is 1. The molecule has 6 aromatic rings. The minimum Gasteiger partial charge on any atom is -0.385 e. The molecule has 0 heterocycles. The van der Waals surface area contributed by atoms with Crippen molar-refractivity contribution in [2.45, 2.75) is 59.3 Å². The number of rotatable bonds is 12. The third kappa shape index (κ3) is 7.57. The van der Waals surface area contributed by atoms with Crippen molar-refractivity contribution in [1.29, 1.82) is 0 Å². The van der Waals surface area contributed by atoms with E-state index in [0.29, 0.717) is 17.2 Å². The van der Waals surface area contributed by atoms with E-state index in [2.05, 4.69) is 77.9 Å². The monoisotopic (exact) mass is 680 g/mol. The van der Waals surface area contributed by atoms with Gasteiger partial charge in [0.15, 0.2) is 0 Å². The van der Waals surface area contributed by atoms with Crippen LogP contribution in [0.4, 0.5) is 0 Å².